The van der Waals surface area contributed by atoms with Crippen LogP contribution in [0, 0.1) is 0 Å². The van der Waals surface area contributed by atoms with Gasteiger partial charge in [-0.1, -0.05) is 6.92 Å². The van der Waals surface area contributed by atoms with Crippen molar-refractivity contribution in [2.24, 2.45) is 0 Å². The van der Waals surface area contributed by atoms with Crippen LogP contribution in [0.15, 0.2) is 0 Å². The summed E-state index contributed by atoms with van der Waals surface area (Å²) in [6.07, 6.45) is 6.63. The van der Waals surface area contributed by atoms with Gasteiger partial charge in [-0.3, -0.25) is 9.59 Å². The smallest absolute Gasteiger partial charge is 0.306 e. The minimum Gasteiger partial charge on any atom is -0.462 e. The average molecular weight is 212 g/mol. The molecule has 15 heavy (non-hydrogen) atoms. The van der Waals surface area contributed by atoms with Crippen LogP contribution in [-0.2, 0) is 14.3 Å². The molecule has 0 radical (unpaired) electrons. The van der Waals surface area contributed by atoms with E-state index in [0.717, 1.165) is 12.8 Å². The predicted molar refractivity (Wildman–Crippen MR) is 57.5 cm³/mol. The lowest BCUT2D eigenvalue weighted by molar-refractivity contribution is -0.148. The molecule has 1 rings (SSSR count). The summed E-state index contributed by atoms with van der Waals surface area (Å²) in [6, 6.07) is 0. The van der Waals surface area contributed by atoms with E-state index in [4.69, 9.17) is 4.74 Å². The van der Waals surface area contributed by atoms with E-state index in [1.54, 1.807) is 0 Å². The van der Waals surface area contributed by atoms with Crippen molar-refractivity contribution in [3.05, 3.63) is 0 Å². The van der Waals surface area contributed by atoms with E-state index in [9.17, 15) is 9.59 Å². The monoisotopic (exact) mass is 212 g/mol. The highest BCUT2D eigenvalue weighted by molar-refractivity contribution is 5.78. The van der Waals surface area contributed by atoms with Crippen LogP contribution >= 0.6 is 0 Å². The molecule has 0 aromatic heterocycles. The Labute approximate surface area is 91.2 Å². The Morgan fingerprint density at radius 3 is 2.47 bits per heavy atom. The number of ether oxygens (including phenoxy) is 1. The number of hydrogen-bond acceptors (Lipinski definition) is 3. The molecule has 0 atom stereocenters. The van der Waals surface area contributed by atoms with Crippen molar-refractivity contribution >= 4 is 11.8 Å². The van der Waals surface area contributed by atoms with Crippen LogP contribution in [0.25, 0.3) is 0 Å². The van der Waals surface area contributed by atoms with Crippen LogP contribution in [-0.4, -0.2) is 17.9 Å². The van der Waals surface area contributed by atoms with Gasteiger partial charge in [-0.05, 0) is 32.1 Å². The van der Waals surface area contributed by atoms with Gasteiger partial charge in [0.2, 0.25) is 0 Å². The summed E-state index contributed by atoms with van der Waals surface area (Å²) in [5.41, 5.74) is 0. The first-order valence-corrected chi connectivity index (χ1v) is 5.93. The van der Waals surface area contributed by atoms with Crippen LogP contribution in [0.2, 0.25) is 0 Å². The fourth-order valence-electron chi connectivity index (χ4n) is 1.86. The summed E-state index contributed by atoms with van der Waals surface area (Å²) in [7, 11) is 0. The summed E-state index contributed by atoms with van der Waals surface area (Å²) >= 11 is 0. The predicted octanol–water partition coefficient (Wildman–Crippen LogP) is 2.62. The van der Waals surface area contributed by atoms with Crippen molar-refractivity contribution in [2.45, 2.75) is 64.4 Å². The van der Waals surface area contributed by atoms with E-state index in [1.165, 1.54) is 12.8 Å². The first-order chi connectivity index (χ1) is 7.22. The van der Waals surface area contributed by atoms with Crippen molar-refractivity contribution in [1.29, 1.82) is 0 Å². The highest BCUT2D eigenvalue weighted by atomic mass is 16.5. The first-order valence-electron chi connectivity index (χ1n) is 5.93. The van der Waals surface area contributed by atoms with Crippen molar-refractivity contribution in [1.82, 2.24) is 0 Å². The second kappa shape index (κ2) is 6.59. The third-order valence-corrected chi connectivity index (χ3v) is 2.83. The number of esters is 1. The molecule has 0 aromatic rings. The molecule has 3 heteroatoms. The zero-order valence-corrected chi connectivity index (χ0v) is 9.46. The van der Waals surface area contributed by atoms with Crippen molar-refractivity contribution in [2.75, 3.05) is 0 Å². The van der Waals surface area contributed by atoms with Crippen LogP contribution < -0.4 is 0 Å². The largest absolute Gasteiger partial charge is 0.462 e. The fraction of sp³-hybridized carbons (Fsp3) is 0.833. The number of Topliss-reactive ketones (excluding diaryl/α,β-unsaturated/α-hetero) is 1. The second-order valence-corrected chi connectivity index (χ2v) is 4.14. The van der Waals surface area contributed by atoms with Gasteiger partial charge in [0.1, 0.15) is 11.9 Å². The van der Waals surface area contributed by atoms with Gasteiger partial charge in [0.15, 0.2) is 0 Å². The van der Waals surface area contributed by atoms with Gasteiger partial charge in [0.05, 0.1) is 0 Å². The van der Waals surface area contributed by atoms with E-state index < -0.39 is 0 Å². The molecular formula is C12H20O3. The van der Waals surface area contributed by atoms with Crippen LogP contribution in [0.3, 0.4) is 0 Å². The fourth-order valence-corrected chi connectivity index (χ4v) is 1.86. The normalized spacial score (nSPS) is 16.6. The van der Waals surface area contributed by atoms with Gasteiger partial charge in [-0.2, -0.15) is 0 Å². The van der Waals surface area contributed by atoms with Gasteiger partial charge >= 0.3 is 5.97 Å². The van der Waals surface area contributed by atoms with E-state index in [0.29, 0.717) is 25.7 Å². The van der Waals surface area contributed by atoms with E-state index in [2.05, 4.69) is 0 Å². The zero-order valence-electron chi connectivity index (χ0n) is 9.46. The summed E-state index contributed by atoms with van der Waals surface area (Å²) in [5, 5.41) is 0. The molecule has 0 heterocycles. The molecule has 86 valence electrons. The Hall–Kier alpha value is -0.860. The number of carbonyl (C=O) groups excluding carboxylic acids is 2. The van der Waals surface area contributed by atoms with E-state index in [1.807, 2.05) is 6.92 Å². The zero-order chi connectivity index (χ0) is 11.1. The van der Waals surface area contributed by atoms with Gasteiger partial charge in [0, 0.05) is 19.3 Å². The molecule has 0 saturated heterocycles. The van der Waals surface area contributed by atoms with Crippen molar-refractivity contribution in [3.8, 4) is 0 Å². The Morgan fingerprint density at radius 2 is 1.87 bits per heavy atom. The quantitative estimate of drug-likeness (QED) is 0.636. The second-order valence-electron chi connectivity index (χ2n) is 4.14. The Morgan fingerprint density at radius 1 is 1.20 bits per heavy atom. The molecule has 0 N–H and O–H groups in total. The molecule has 0 aromatic carbocycles. The van der Waals surface area contributed by atoms with Gasteiger partial charge in [-0.25, -0.2) is 0 Å². The number of ketones is 1. The van der Waals surface area contributed by atoms with E-state index in [-0.39, 0.29) is 17.9 Å². The summed E-state index contributed by atoms with van der Waals surface area (Å²) in [6.45, 7) is 1.85. The number of carbonyl (C=O) groups is 2. The lowest BCUT2D eigenvalue weighted by Crippen LogP contribution is -2.14. The SMILES string of the molecule is CCC(=O)CCCC(=O)OC1CCCC1. The minimum absolute atomic E-state index is 0.134. The highest BCUT2D eigenvalue weighted by Gasteiger charge is 2.18. The Balaban J connectivity index is 2.05. The van der Waals surface area contributed by atoms with Crippen LogP contribution in [0.4, 0.5) is 0 Å². The van der Waals surface area contributed by atoms with Crippen molar-refractivity contribution in [3.63, 3.8) is 0 Å². The molecular weight excluding hydrogens is 192 g/mol. The standard InChI is InChI=1S/C12H20O3/c1-2-10(13)6-5-9-12(14)15-11-7-3-4-8-11/h11H,2-9H2,1H3. The highest BCUT2D eigenvalue weighted by Crippen LogP contribution is 2.21. The van der Waals surface area contributed by atoms with Crippen molar-refractivity contribution < 1.29 is 14.3 Å². The summed E-state index contributed by atoms with van der Waals surface area (Å²) in [5.74, 6) is 0.0921. The molecule has 1 saturated carbocycles. The Kier molecular flexibility index (Phi) is 5.37. The Bertz CT molecular complexity index is 217. The third-order valence-electron chi connectivity index (χ3n) is 2.83. The van der Waals surface area contributed by atoms with Crippen LogP contribution in [0.1, 0.15) is 58.3 Å². The first kappa shape index (κ1) is 12.2. The summed E-state index contributed by atoms with van der Waals surface area (Å²) < 4.78 is 5.28. The molecule has 0 unspecified atom stereocenters. The molecule has 1 fully saturated rings. The lowest BCUT2D eigenvalue weighted by Gasteiger charge is -2.10. The van der Waals surface area contributed by atoms with Gasteiger partial charge in [0.25, 0.3) is 0 Å². The average Bonchev–Trinajstić information content (AvgIpc) is 2.70. The van der Waals surface area contributed by atoms with Crippen LogP contribution in [0.5, 0.6) is 0 Å². The molecule has 0 spiro atoms. The molecule has 0 amide bonds. The minimum atomic E-state index is -0.134. The number of hydrogen-bond donors (Lipinski definition) is 0. The third kappa shape index (κ3) is 4.96. The molecule has 0 aliphatic heterocycles. The van der Waals surface area contributed by atoms with E-state index >= 15 is 0 Å². The molecule has 0 bridgehead atoms. The molecule has 3 nitrogen and oxygen atoms in total. The molecule has 1 aliphatic rings. The summed E-state index contributed by atoms with van der Waals surface area (Å²) in [4.78, 5) is 22.3. The van der Waals surface area contributed by atoms with Gasteiger partial charge in [-0.15, -0.1) is 0 Å². The lowest BCUT2D eigenvalue weighted by atomic mass is 10.1. The maximum absolute atomic E-state index is 11.3. The topological polar surface area (TPSA) is 43.4 Å². The van der Waals surface area contributed by atoms with Gasteiger partial charge < -0.3 is 4.74 Å². The number of rotatable bonds is 6. The maximum atomic E-state index is 11.3. The molecule has 1 aliphatic carbocycles. The maximum Gasteiger partial charge on any atom is 0.306 e.